The molecule has 0 bridgehead atoms. The van der Waals surface area contributed by atoms with E-state index in [9.17, 15) is 14.4 Å². The third-order valence-electron chi connectivity index (χ3n) is 6.71. The van der Waals surface area contributed by atoms with Gasteiger partial charge in [0.2, 0.25) is 0 Å². The lowest BCUT2D eigenvalue weighted by atomic mass is 9.69. The van der Waals surface area contributed by atoms with Gasteiger partial charge in [0.15, 0.2) is 5.78 Å². The van der Waals surface area contributed by atoms with Crippen LogP contribution in [0.25, 0.3) is 0 Å². The molecule has 0 saturated heterocycles. The van der Waals surface area contributed by atoms with Crippen molar-refractivity contribution in [3.63, 3.8) is 0 Å². The Morgan fingerprint density at radius 2 is 1.78 bits per heavy atom. The molecule has 0 saturated carbocycles. The Morgan fingerprint density at radius 1 is 1.08 bits per heavy atom. The van der Waals surface area contributed by atoms with Crippen molar-refractivity contribution in [2.24, 2.45) is 11.8 Å². The van der Waals surface area contributed by atoms with E-state index in [2.05, 4.69) is 5.32 Å². The van der Waals surface area contributed by atoms with Gasteiger partial charge in [-0.15, -0.1) is 0 Å². The van der Waals surface area contributed by atoms with Crippen LogP contribution < -0.4 is 10.1 Å². The van der Waals surface area contributed by atoms with E-state index in [4.69, 9.17) is 14.2 Å². The minimum Gasteiger partial charge on any atom is -0.497 e. The monoisotopic (exact) mass is 493 g/mol. The number of halogens is 1. The average Bonchev–Trinajstić information content (AvgIpc) is 2.87. The smallest absolute Gasteiger partial charge is 0.337 e. The van der Waals surface area contributed by atoms with Gasteiger partial charge in [0.25, 0.3) is 0 Å². The van der Waals surface area contributed by atoms with Gasteiger partial charge in [-0.05, 0) is 43.0 Å². The van der Waals surface area contributed by atoms with E-state index < -0.39 is 35.4 Å². The maximum atomic E-state index is 15.1. The van der Waals surface area contributed by atoms with Gasteiger partial charge in [0, 0.05) is 22.5 Å². The molecular formula is C28H28FNO6. The highest BCUT2D eigenvalue weighted by atomic mass is 19.1. The highest BCUT2D eigenvalue weighted by Crippen LogP contribution is 2.46. The topological polar surface area (TPSA) is 90.9 Å². The molecule has 2 aromatic rings. The van der Waals surface area contributed by atoms with Crippen LogP contribution in [-0.2, 0) is 30.5 Å². The third-order valence-corrected chi connectivity index (χ3v) is 6.71. The minimum absolute atomic E-state index is 0.0225. The van der Waals surface area contributed by atoms with E-state index in [1.165, 1.54) is 19.2 Å². The molecule has 0 aromatic heterocycles. The zero-order chi connectivity index (χ0) is 26.0. The number of dihydropyridines is 1. The van der Waals surface area contributed by atoms with Crippen molar-refractivity contribution in [3.05, 3.63) is 88.0 Å². The standard InChI is InChI=1S/C28H28FNO6/c1-15-13-21-25(26(31)22(15)27(32)35-4)24(19-7-5-6-8-20(19)29)23(16(2)30-21)28(33)36-14-17-9-11-18(34-3)12-10-17/h5-12,15,22,24,30H,13-14H2,1-4H3/t15-,22+,24+/m1/s1. The molecule has 0 spiro atoms. The summed E-state index contributed by atoms with van der Waals surface area (Å²) < 4.78 is 30.8. The molecule has 0 unspecified atom stereocenters. The zero-order valence-electron chi connectivity index (χ0n) is 20.6. The summed E-state index contributed by atoms with van der Waals surface area (Å²) in [4.78, 5) is 39.6. The van der Waals surface area contributed by atoms with Crippen LogP contribution in [0.3, 0.4) is 0 Å². The number of rotatable bonds is 6. The second-order valence-corrected chi connectivity index (χ2v) is 8.98. The Bertz CT molecular complexity index is 1260. The van der Waals surface area contributed by atoms with Crippen LogP contribution in [0, 0.1) is 17.7 Å². The fraction of sp³-hybridized carbons (Fsp3) is 0.321. The number of methoxy groups -OCH3 is 2. The minimum atomic E-state index is -1.04. The number of carbonyl (C=O) groups excluding carboxylic acids is 3. The van der Waals surface area contributed by atoms with Crippen molar-refractivity contribution in [2.75, 3.05) is 14.2 Å². The van der Waals surface area contributed by atoms with E-state index in [1.54, 1.807) is 57.4 Å². The van der Waals surface area contributed by atoms with E-state index in [0.717, 1.165) is 5.56 Å². The van der Waals surface area contributed by atoms with Crippen molar-refractivity contribution < 1.29 is 33.0 Å². The van der Waals surface area contributed by atoms with Crippen LogP contribution in [0.2, 0.25) is 0 Å². The molecule has 0 amide bonds. The Labute approximate surface area is 208 Å². The van der Waals surface area contributed by atoms with E-state index in [1.807, 2.05) is 0 Å². The molecule has 0 fully saturated rings. The van der Waals surface area contributed by atoms with Gasteiger partial charge >= 0.3 is 11.9 Å². The molecule has 4 rings (SSSR count). The summed E-state index contributed by atoms with van der Waals surface area (Å²) in [5.41, 5.74) is 2.26. The number of esters is 2. The number of allylic oxidation sites excluding steroid dienone is 3. The lowest BCUT2D eigenvalue weighted by molar-refractivity contribution is -0.151. The summed E-state index contributed by atoms with van der Waals surface area (Å²) in [6.07, 6.45) is 0.372. The quantitative estimate of drug-likeness (QED) is 0.477. The molecule has 2 aromatic carbocycles. The fourth-order valence-corrected chi connectivity index (χ4v) is 4.92. The first kappa shape index (κ1) is 25.2. The van der Waals surface area contributed by atoms with E-state index in [-0.39, 0.29) is 29.2 Å². The fourth-order valence-electron chi connectivity index (χ4n) is 4.92. The van der Waals surface area contributed by atoms with Crippen molar-refractivity contribution in [1.29, 1.82) is 0 Å². The molecule has 2 aliphatic rings. The molecular weight excluding hydrogens is 465 g/mol. The van der Waals surface area contributed by atoms with Crippen LogP contribution in [0.5, 0.6) is 5.75 Å². The SMILES string of the molecule is COC(=O)[C@@H]1C(=O)C2=C(C[C@H]1C)NC(C)=C(C(=O)OCc1ccc(OC)cc1)[C@@H]2c1ccccc1F. The van der Waals surface area contributed by atoms with Gasteiger partial charge in [-0.2, -0.15) is 0 Å². The molecule has 7 nitrogen and oxygen atoms in total. The van der Waals surface area contributed by atoms with Crippen molar-refractivity contribution >= 4 is 17.7 Å². The van der Waals surface area contributed by atoms with Gasteiger partial charge in [0.05, 0.1) is 25.7 Å². The van der Waals surface area contributed by atoms with Crippen LogP contribution in [0.4, 0.5) is 4.39 Å². The number of ether oxygens (including phenoxy) is 3. The molecule has 1 heterocycles. The number of hydrogen-bond acceptors (Lipinski definition) is 7. The highest BCUT2D eigenvalue weighted by molar-refractivity contribution is 6.12. The first-order valence-electron chi connectivity index (χ1n) is 11.6. The molecule has 36 heavy (non-hydrogen) atoms. The molecule has 1 aliphatic carbocycles. The Kier molecular flexibility index (Phi) is 7.24. The van der Waals surface area contributed by atoms with Crippen LogP contribution in [0.15, 0.2) is 71.1 Å². The van der Waals surface area contributed by atoms with Gasteiger partial charge in [0.1, 0.15) is 24.1 Å². The number of nitrogens with one attached hydrogen (secondary N) is 1. The predicted molar refractivity (Wildman–Crippen MR) is 129 cm³/mol. The zero-order valence-corrected chi connectivity index (χ0v) is 20.6. The van der Waals surface area contributed by atoms with Crippen molar-refractivity contribution in [2.45, 2.75) is 32.8 Å². The van der Waals surface area contributed by atoms with Crippen LogP contribution in [0.1, 0.15) is 37.3 Å². The van der Waals surface area contributed by atoms with Gasteiger partial charge < -0.3 is 19.5 Å². The normalized spacial score (nSPS) is 21.5. The first-order valence-corrected chi connectivity index (χ1v) is 11.6. The van der Waals surface area contributed by atoms with Gasteiger partial charge in [-0.3, -0.25) is 9.59 Å². The number of Topliss-reactive ketones (excluding diaryl/α,β-unsaturated/α-hetero) is 1. The first-order chi connectivity index (χ1) is 17.3. The predicted octanol–water partition coefficient (Wildman–Crippen LogP) is 4.19. The lowest BCUT2D eigenvalue weighted by Gasteiger charge is -2.38. The molecule has 8 heteroatoms. The maximum absolute atomic E-state index is 15.1. The number of ketones is 1. The van der Waals surface area contributed by atoms with Gasteiger partial charge in [-0.1, -0.05) is 37.3 Å². The second kappa shape index (κ2) is 10.4. The highest BCUT2D eigenvalue weighted by Gasteiger charge is 2.47. The molecule has 1 aliphatic heterocycles. The Morgan fingerprint density at radius 3 is 2.42 bits per heavy atom. The molecule has 0 radical (unpaired) electrons. The molecule has 3 atom stereocenters. The largest absolute Gasteiger partial charge is 0.497 e. The van der Waals surface area contributed by atoms with E-state index >= 15 is 4.39 Å². The maximum Gasteiger partial charge on any atom is 0.337 e. The summed E-state index contributed by atoms with van der Waals surface area (Å²) in [6, 6.07) is 13.1. The summed E-state index contributed by atoms with van der Waals surface area (Å²) in [7, 11) is 2.79. The van der Waals surface area contributed by atoms with Crippen LogP contribution in [-0.4, -0.2) is 31.9 Å². The number of benzene rings is 2. The average molecular weight is 494 g/mol. The summed E-state index contributed by atoms with van der Waals surface area (Å²) >= 11 is 0. The molecule has 188 valence electrons. The van der Waals surface area contributed by atoms with Crippen molar-refractivity contribution in [3.8, 4) is 5.75 Å². The summed E-state index contributed by atoms with van der Waals surface area (Å²) in [5, 5.41) is 3.17. The molecule has 1 N–H and O–H groups in total. The third kappa shape index (κ3) is 4.63. The lowest BCUT2D eigenvalue weighted by Crippen LogP contribution is -2.43. The van der Waals surface area contributed by atoms with Crippen LogP contribution >= 0.6 is 0 Å². The van der Waals surface area contributed by atoms with E-state index in [0.29, 0.717) is 23.6 Å². The Hall–Kier alpha value is -3.94. The van der Waals surface area contributed by atoms with Gasteiger partial charge in [-0.25, -0.2) is 9.18 Å². The summed E-state index contributed by atoms with van der Waals surface area (Å²) in [5.74, 6) is -4.11. The Balaban J connectivity index is 1.73. The second-order valence-electron chi connectivity index (χ2n) is 8.98. The number of carbonyl (C=O) groups is 3. The summed E-state index contributed by atoms with van der Waals surface area (Å²) in [6.45, 7) is 3.47. The number of hydrogen-bond donors (Lipinski definition) is 1. The van der Waals surface area contributed by atoms with Crippen molar-refractivity contribution in [1.82, 2.24) is 5.32 Å².